The number of aromatic nitrogens is 2. The molecule has 0 spiro atoms. The van der Waals surface area contributed by atoms with Gasteiger partial charge in [-0.1, -0.05) is 0 Å². The normalized spacial score (nSPS) is 22.0. The second-order valence-corrected chi connectivity index (χ2v) is 8.18. The van der Waals surface area contributed by atoms with Gasteiger partial charge in [0.15, 0.2) is 0 Å². The Hall–Kier alpha value is -2.12. The fourth-order valence-electron chi connectivity index (χ4n) is 4.44. The second-order valence-electron chi connectivity index (χ2n) is 8.18. The van der Waals surface area contributed by atoms with Gasteiger partial charge in [-0.2, -0.15) is 5.10 Å². The van der Waals surface area contributed by atoms with Crippen molar-refractivity contribution in [3.8, 4) is 0 Å². The highest BCUT2D eigenvalue weighted by atomic mass is 16.3. The Labute approximate surface area is 165 Å². The van der Waals surface area contributed by atoms with Crippen LogP contribution in [0.5, 0.6) is 0 Å². The number of aliphatic hydroxyl groups is 1. The molecule has 0 aromatic carbocycles. The molecule has 28 heavy (non-hydrogen) atoms. The maximum Gasteiger partial charge on any atom is 0.269 e. The molecule has 0 aliphatic carbocycles. The lowest BCUT2D eigenvalue weighted by molar-refractivity contribution is 0.145. The maximum atomic E-state index is 12.8. The van der Waals surface area contributed by atoms with Crippen LogP contribution in [0.1, 0.15) is 48.8 Å². The van der Waals surface area contributed by atoms with Crippen LogP contribution >= 0.6 is 0 Å². The van der Waals surface area contributed by atoms with Crippen LogP contribution in [0.2, 0.25) is 0 Å². The highest BCUT2D eigenvalue weighted by Crippen LogP contribution is 2.24. The lowest BCUT2D eigenvalue weighted by Crippen LogP contribution is -2.41. The van der Waals surface area contributed by atoms with Gasteiger partial charge in [0, 0.05) is 37.8 Å². The third kappa shape index (κ3) is 4.15. The lowest BCUT2D eigenvalue weighted by atomic mass is 10.0. The van der Waals surface area contributed by atoms with Gasteiger partial charge >= 0.3 is 0 Å². The van der Waals surface area contributed by atoms with Crippen LogP contribution in [-0.2, 0) is 6.54 Å². The highest BCUT2D eigenvalue weighted by molar-refractivity contribution is 5.43. The smallest absolute Gasteiger partial charge is 0.269 e. The number of rotatable bonds is 4. The third-order valence-corrected chi connectivity index (χ3v) is 6.01. The number of aliphatic hydroxyl groups excluding tert-OH is 1. The van der Waals surface area contributed by atoms with Crippen molar-refractivity contribution in [3.63, 3.8) is 0 Å². The summed E-state index contributed by atoms with van der Waals surface area (Å²) in [5, 5.41) is 14.2. The molecule has 0 bridgehead atoms. The minimum atomic E-state index is -0.222. The molecule has 2 aromatic heterocycles. The Balaban J connectivity index is 1.44. The summed E-state index contributed by atoms with van der Waals surface area (Å²) in [5.41, 5.74) is 2.05. The summed E-state index contributed by atoms with van der Waals surface area (Å²) >= 11 is 0. The van der Waals surface area contributed by atoms with E-state index in [0.717, 1.165) is 75.6 Å². The van der Waals surface area contributed by atoms with Gasteiger partial charge in [-0.15, -0.1) is 0 Å². The van der Waals surface area contributed by atoms with E-state index in [9.17, 15) is 9.90 Å². The summed E-state index contributed by atoms with van der Waals surface area (Å²) in [4.78, 5) is 17.3. The predicted molar refractivity (Wildman–Crippen MR) is 108 cm³/mol. The summed E-state index contributed by atoms with van der Waals surface area (Å²) in [6.45, 7) is 8.23. The number of hydrogen-bond donors (Lipinski definition) is 1. The molecule has 4 heterocycles. The Bertz CT molecular complexity index is 867. The monoisotopic (exact) mass is 386 g/mol. The van der Waals surface area contributed by atoms with Gasteiger partial charge in [0.2, 0.25) is 0 Å². The van der Waals surface area contributed by atoms with Crippen molar-refractivity contribution in [2.75, 3.05) is 31.1 Å². The van der Waals surface area contributed by atoms with Crippen molar-refractivity contribution in [2.24, 2.45) is 0 Å². The van der Waals surface area contributed by atoms with E-state index in [4.69, 9.17) is 4.42 Å². The van der Waals surface area contributed by atoms with Crippen LogP contribution in [0.15, 0.2) is 27.5 Å². The predicted octanol–water partition coefficient (Wildman–Crippen LogP) is 2.25. The first-order chi connectivity index (χ1) is 13.5. The number of furan rings is 1. The van der Waals surface area contributed by atoms with E-state index in [2.05, 4.69) is 21.0 Å². The molecule has 0 saturated carbocycles. The van der Waals surface area contributed by atoms with E-state index < -0.39 is 0 Å². The molecular formula is C21H30N4O3. The lowest BCUT2D eigenvalue weighted by Gasteiger charge is -2.33. The van der Waals surface area contributed by atoms with E-state index in [0.29, 0.717) is 0 Å². The van der Waals surface area contributed by atoms with Crippen molar-refractivity contribution in [1.29, 1.82) is 0 Å². The summed E-state index contributed by atoms with van der Waals surface area (Å²) < 4.78 is 7.30. The van der Waals surface area contributed by atoms with Crippen LogP contribution in [0.25, 0.3) is 0 Å². The minimum absolute atomic E-state index is 0.0363. The molecule has 2 aliphatic rings. The molecule has 0 unspecified atom stereocenters. The first-order valence-electron chi connectivity index (χ1n) is 10.3. The SMILES string of the molecule is Cc1cc(CN2CCC[C@H](n3ncc(N4CCC(O)CC4)cc3=O)C2)c(C)o1. The van der Waals surface area contributed by atoms with Crippen LogP contribution < -0.4 is 10.5 Å². The molecule has 2 aliphatic heterocycles. The number of piperidine rings is 2. The van der Waals surface area contributed by atoms with Crippen LogP contribution in [-0.4, -0.2) is 52.1 Å². The summed E-state index contributed by atoms with van der Waals surface area (Å²) in [7, 11) is 0. The Morgan fingerprint density at radius 1 is 1.18 bits per heavy atom. The van der Waals surface area contributed by atoms with Crippen LogP contribution in [0.3, 0.4) is 0 Å². The first-order valence-corrected chi connectivity index (χ1v) is 10.3. The number of aryl methyl sites for hydroxylation is 2. The van der Waals surface area contributed by atoms with E-state index in [1.54, 1.807) is 10.7 Å². The number of hydrogen-bond acceptors (Lipinski definition) is 6. The van der Waals surface area contributed by atoms with Crippen LogP contribution in [0, 0.1) is 13.8 Å². The summed E-state index contributed by atoms with van der Waals surface area (Å²) in [6.07, 6.45) is 5.10. The minimum Gasteiger partial charge on any atom is -0.466 e. The fraction of sp³-hybridized carbons (Fsp3) is 0.619. The molecule has 1 N–H and O–H groups in total. The largest absolute Gasteiger partial charge is 0.466 e. The molecule has 0 amide bonds. The zero-order chi connectivity index (χ0) is 19.7. The van der Waals surface area contributed by atoms with Gasteiger partial charge in [0.25, 0.3) is 5.56 Å². The molecule has 4 rings (SSSR count). The summed E-state index contributed by atoms with van der Waals surface area (Å²) in [6, 6.07) is 3.91. The van der Waals surface area contributed by atoms with Crippen molar-refractivity contribution < 1.29 is 9.52 Å². The van der Waals surface area contributed by atoms with E-state index >= 15 is 0 Å². The Morgan fingerprint density at radius 2 is 1.96 bits per heavy atom. The molecule has 7 heteroatoms. The average molecular weight is 386 g/mol. The molecule has 152 valence electrons. The summed E-state index contributed by atoms with van der Waals surface area (Å²) in [5.74, 6) is 1.92. The van der Waals surface area contributed by atoms with Gasteiger partial charge in [-0.05, 0) is 52.1 Å². The fourth-order valence-corrected chi connectivity index (χ4v) is 4.44. The highest BCUT2D eigenvalue weighted by Gasteiger charge is 2.25. The standard InChI is InChI=1S/C21H30N4O3/c1-15-10-17(16(2)28-15)13-23-7-3-4-18(14-23)25-21(27)11-19(12-22-25)24-8-5-20(26)6-9-24/h10-12,18,20,26H,3-9,13-14H2,1-2H3/t18-/m0/s1. The third-order valence-electron chi connectivity index (χ3n) is 6.01. The van der Waals surface area contributed by atoms with E-state index in [-0.39, 0.29) is 17.7 Å². The Morgan fingerprint density at radius 3 is 2.64 bits per heavy atom. The number of nitrogens with zero attached hydrogens (tertiary/aromatic N) is 4. The molecule has 2 saturated heterocycles. The van der Waals surface area contributed by atoms with E-state index in [1.807, 2.05) is 20.0 Å². The second kappa shape index (κ2) is 8.09. The van der Waals surface area contributed by atoms with Crippen LogP contribution in [0.4, 0.5) is 5.69 Å². The van der Waals surface area contributed by atoms with E-state index in [1.165, 1.54) is 5.56 Å². The number of anilines is 1. The van der Waals surface area contributed by atoms with Gasteiger partial charge in [-0.25, -0.2) is 4.68 Å². The van der Waals surface area contributed by atoms with Gasteiger partial charge in [0.1, 0.15) is 11.5 Å². The van der Waals surface area contributed by atoms with Gasteiger partial charge in [-0.3, -0.25) is 9.69 Å². The van der Waals surface area contributed by atoms with Crippen molar-refractivity contribution in [2.45, 2.75) is 58.2 Å². The molecule has 2 aromatic rings. The topological polar surface area (TPSA) is 74.7 Å². The van der Waals surface area contributed by atoms with Crippen molar-refractivity contribution >= 4 is 5.69 Å². The molecule has 7 nitrogen and oxygen atoms in total. The average Bonchev–Trinajstić information content (AvgIpc) is 2.99. The molecule has 0 radical (unpaired) electrons. The maximum absolute atomic E-state index is 12.8. The molecule has 1 atom stereocenters. The zero-order valence-electron chi connectivity index (χ0n) is 16.8. The first kappa shape index (κ1) is 19.2. The Kier molecular flexibility index (Phi) is 5.55. The number of likely N-dealkylation sites (tertiary alicyclic amines) is 1. The van der Waals surface area contributed by atoms with Crippen molar-refractivity contribution in [3.05, 3.63) is 45.8 Å². The van der Waals surface area contributed by atoms with Gasteiger partial charge in [0.05, 0.1) is 24.0 Å². The van der Waals surface area contributed by atoms with Crippen molar-refractivity contribution in [1.82, 2.24) is 14.7 Å². The van der Waals surface area contributed by atoms with Gasteiger partial charge < -0.3 is 14.4 Å². The quantitative estimate of drug-likeness (QED) is 0.869. The zero-order valence-corrected chi connectivity index (χ0v) is 16.8. The molecule has 2 fully saturated rings. The molecular weight excluding hydrogens is 356 g/mol.